The van der Waals surface area contributed by atoms with E-state index in [2.05, 4.69) is 21.0 Å². The zero-order chi connectivity index (χ0) is 6.69. The van der Waals surface area contributed by atoms with E-state index in [0.717, 1.165) is 5.69 Å². The topological polar surface area (TPSA) is 37.8 Å². The molecule has 0 fully saturated rings. The van der Waals surface area contributed by atoms with Crippen molar-refractivity contribution in [3.63, 3.8) is 0 Å². The van der Waals surface area contributed by atoms with Crippen LogP contribution in [0.15, 0.2) is 6.20 Å². The second-order valence-electron chi connectivity index (χ2n) is 1.84. The van der Waals surface area contributed by atoms with Crippen LogP contribution < -0.4 is 5.32 Å². The van der Waals surface area contributed by atoms with Gasteiger partial charge in [-0.1, -0.05) is 0 Å². The normalized spacial score (nSPS) is 13.6. The molecule has 1 unspecified atom stereocenters. The van der Waals surface area contributed by atoms with E-state index < -0.39 is 0 Å². The Morgan fingerprint density at radius 1 is 1.78 bits per heavy atom. The first-order chi connectivity index (χ1) is 4.34. The number of hydrogen-bond acceptors (Lipinski definition) is 4. The van der Waals surface area contributed by atoms with Crippen LogP contribution in [0, 0.1) is 0 Å². The number of aromatic nitrogens is 2. The van der Waals surface area contributed by atoms with Crippen molar-refractivity contribution in [3.8, 4) is 0 Å². The van der Waals surface area contributed by atoms with Crippen molar-refractivity contribution >= 4 is 11.7 Å². The highest BCUT2D eigenvalue weighted by Gasteiger charge is 2.02. The molecule has 3 nitrogen and oxygen atoms in total. The molecule has 0 bridgehead atoms. The fourth-order valence-electron chi connectivity index (χ4n) is 0.511. The maximum absolute atomic E-state index is 4.06. The largest absolute Gasteiger partial charge is 0.312 e. The third-order valence-corrected chi connectivity index (χ3v) is 1.75. The van der Waals surface area contributed by atoms with Gasteiger partial charge in [0.2, 0.25) is 0 Å². The van der Waals surface area contributed by atoms with Crippen LogP contribution in [0.5, 0.6) is 0 Å². The van der Waals surface area contributed by atoms with Crippen LogP contribution in [0.25, 0.3) is 0 Å². The van der Waals surface area contributed by atoms with E-state index in [-0.39, 0.29) is 0 Å². The summed E-state index contributed by atoms with van der Waals surface area (Å²) in [6, 6.07) is 0.323. The van der Waals surface area contributed by atoms with E-state index in [4.69, 9.17) is 0 Å². The van der Waals surface area contributed by atoms with Gasteiger partial charge in [-0.05, 0) is 14.0 Å². The Morgan fingerprint density at radius 2 is 2.56 bits per heavy atom. The monoisotopic (exact) mass is 143 g/mol. The molecule has 1 aromatic rings. The van der Waals surface area contributed by atoms with Gasteiger partial charge in [0.1, 0.15) is 0 Å². The SMILES string of the molecule is CNC(C)c1cnsn1. The average molecular weight is 143 g/mol. The van der Waals surface area contributed by atoms with E-state index in [1.54, 1.807) is 6.20 Å². The van der Waals surface area contributed by atoms with Gasteiger partial charge in [-0.25, -0.2) is 0 Å². The zero-order valence-electron chi connectivity index (χ0n) is 5.46. The molecule has 1 aromatic heterocycles. The number of hydrogen-bond donors (Lipinski definition) is 1. The van der Waals surface area contributed by atoms with E-state index in [1.165, 1.54) is 11.7 Å². The lowest BCUT2D eigenvalue weighted by molar-refractivity contribution is 0.638. The molecule has 0 aliphatic carbocycles. The van der Waals surface area contributed by atoms with E-state index >= 15 is 0 Å². The second-order valence-corrected chi connectivity index (χ2v) is 2.40. The van der Waals surface area contributed by atoms with Gasteiger partial charge >= 0.3 is 0 Å². The molecule has 1 N–H and O–H groups in total. The van der Waals surface area contributed by atoms with Crippen LogP contribution >= 0.6 is 11.7 Å². The fourth-order valence-corrected chi connectivity index (χ4v) is 1.01. The summed E-state index contributed by atoms with van der Waals surface area (Å²) in [6.45, 7) is 2.05. The molecule has 1 rings (SSSR count). The quantitative estimate of drug-likeness (QED) is 0.666. The Morgan fingerprint density at radius 3 is 3.00 bits per heavy atom. The van der Waals surface area contributed by atoms with Crippen molar-refractivity contribution in [2.45, 2.75) is 13.0 Å². The molecule has 0 amide bonds. The van der Waals surface area contributed by atoms with Gasteiger partial charge in [0, 0.05) is 6.04 Å². The van der Waals surface area contributed by atoms with Gasteiger partial charge in [-0.15, -0.1) is 0 Å². The molecule has 9 heavy (non-hydrogen) atoms. The van der Waals surface area contributed by atoms with Crippen LogP contribution in [-0.2, 0) is 0 Å². The molecule has 0 aliphatic heterocycles. The highest BCUT2D eigenvalue weighted by Crippen LogP contribution is 2.06. The molecular weight excluding hydrogens is 134 g/mol. The molecule has 0 saturated heterocycles. The first-order valence-corrected chi connectivity index (χ1v) is 3.52. The Labute approximate surface area is 58.4 Å². The van der Waals surface area contributed by atoms with Gasteiger partial charge in [-0.2, -0.15) is 8.75 Å². The van der Waals surface area contributed by atoms with Crippen molar-refractivity contribution < 1.29 is 0 Å². The molecular formula is C5H9N3S. The molecule has 1 atom stereocenters. The second kappa shape index (κ2) is 2.89. The average Bonchev–Trinajstić information content (AvgIpc) is 2.37. The maximum Gasteiger partial charge on any atom is 0.0909 e. The third-order valence-electron chi connectivity index (χ3n) is 1.26. The van der Waals surface area contributed by atoms with Gasteiger partial charge in [0.25, 0.3) is 0 Å². The molecule has 0 spiro atoms. The summed E-state index contributed by atoms with van der Waals surface area (Å²) in [7, 11) is 1.91. The van der Waals surface area contributed by atoms with Gasteiger partial charge in [-0.3, -0.25) is 0 Å². The van der Waals surface area contributed by atoms with Gasteiger partial charge in [0.05, 0.1) is 23.6 Å². The number of nitrogens with one attached hydrogen (secondary N) is 1. The Balaban J connectivity index is 2.65. The summed E-state index contributed by atoms with van der Waals surface area (Å²) in [5.74, 6) is 0. The van der Waals surface area contributed by atoms with Crippen LogP contribution in [0.4, 0.5) is 0 Å². The lowest BCUT2D eigenvalue weighted by atomic mass is 10.3. The summed E-state index contributed by atoms with van der Waals surface area (Å²) in [6.07, 6.45) is 1.78. The summed E-state index contributed by atoms with van der Waals surface area (Å²) in [5, 5.41) is 3.07. The van der Waals surface area contributed by atoms with Crippen LogP contribution in [0.3, 0.4) is 0 Å². The predicted molar refractivity (Wildman–Crippen MR) is 37.4 cm³/mol. The van der Waals surface area contributed by atoms with Crippen molar-refractivity contribution in [1.29, 1.82) is 0 Å². The number of rotatable bonds is 2. The van der Waals surface area contributed by atoms with E-state index in [1.807, 2.05) is 7.05 Å². The fraction of sp³-hybridized carbons (Fsp3) is 0.600. The minimum absolute atomic E-state index is 0.323. The molecule has 1 heterocycles. The first-order valence-electron chi connectivity index (χ1n) is 2.79. The highest BCUT2D eigenvalue weighted by atomic mass is 32.1. The molecule has 50 valence electrons. The molecule has 4 heteroatoms. The smallest absolute Gasteiger partial charge is 0.0909 e. The van der Waals surface area contributed by atoms with E-state index in [0.29, 0.717) is 6.04 Å². The Hall–Kier alpha value is -0.480. The molecule has 0 saturated carbocycles. The Bertz CT molecular complexity index is 161. The van der Waals surface area contributed by atoms with Crippen molar-refractivity contribution in [2.24, 2.45) is 0 Å². The molecule has 0 aromatic carbocycles. The van der Waals surface area contributed by atoms with Crippen LogP contribution in [0.1, 0.15) is 18.7 Å². The summed E-state index contributed by atoms with van der Waals surface area (Å²) in [4.78, 5) is 0. The van der Waals surface area contributed by atoms with Crippen molar-refractivity contribution in [3.05, 3.63) is 11.9 Å². The summed E-state index contributed by atoms with van der Waals surface area (Å²) >= 11 is 1.24. The Kier molecular flexibility index (Phi) is 2.13. The van der Waals surface area contributed by atoms with Gasteiger partial charge < -0.3 is 5.32 Å². The lowest BCUT2D eigenvalue weighted by Crippen LogP contribution is -2.12. The van der Waals surface area contributed by atoms with Crippen molar-refractivity contribution in [1.82, 2.24) is 14.1 Å². The minimum atomic E-state index is 0.323. The summed E-state index contributed by atoms with van der Waals surface area (Å²) < 4.78 is 7.94. The highest BCUT2D eigenvalue weighted by molar-refractivity contribution is 6.99. The third kappa shape index (κ3) is 1.46. The van der Waals surface area contributed by atoms with Crippen LogP contribution in [-0.4, -0.2) is 15.8 Å². The maximum atomic E-state index is 4.06. The first kappa shape index (κ1) is 6.64. The van der Waals surface area contributed by atoms with Crippen LogP contribution in [0.2, 0.25) is 0 Å². The van der Waals surface area contributed by atoms with E-state index in [9.17, 15) is 0 Å². The van der Waals surface area contributed by atoms with Crippen molar-refractivity contribution in [2.75, 3.05) is 7.05 Å². The standard InChI is InChI=1S/C5H9N3S/c1-4(6-2)5-3-7-9-8-5/h3-4,6H,1-2H3. The number of nitrogens with zero attached hydrogens (tertiary/aromatic N) is 2. The predicted octanol–water partition coefficient (Wildman–Crippen LogP) is 0.819. The summed E-state index contributed by atoms with van der Waals surface area (Å²) in [5.41, 5.74) is 1.02. The van der Waals surface area contributed by atoms with Gasteiger partial charge in [0.15, 0.2) is 0 Å². The lowest BCUT2D eigenvalue weighted by Gasteiger charge is -2.02. The zero-order valence-corrected chi connectivity index (χ0v) is 6.27. The molecule has 0 aliphatic rings. The molecule has 0 radical (unpaired) electrons. The minimum Gasteiger partial charge on any atom is -0.312 e.